The molecule has 0 bridgehead atoms. The first-order valence-electron chi connectivity index (χ1n) is 15.0. The number of fused-ring (bicyclic) bond motifs is 1. The second-order valence-electron chi connectivity index (χ2n) is 11.0. The number of carboxylic acids is 1. The average Bonchev–Trinajstić information content (AvgIpc) is 3.39. The van der Waals surface area contributed by atoms with Crippen molar-refractivity contribution in [2.75, 3.05) is 38.2 Å². The van der Waals surface area contributed by atoms with Crippen LogP contribution in [0.2, 0.25) is 0 Å². The molecule has 43 heavy (non-hydrogen) atoms. The molecular formula is C34H39FN2O6. The van der Waals surface area contributed by atoms with E-state index in [0.717, 1.165) is 28.7 Å². The number of aliphatic carboxylic acids is 1. The highest BCUT2D eigenvalue weighted by atomic mass is 19.1. The van der Waals surface area contributed by atoms with Gasteiger partial charge in [-0.15, -0.1) is 0 Å². The van der Waals surface area contributed by atoms with Crippen LogP contribution in [0, 0.1) is 11.7 Å². The summed E-state index contributed by atoms with van der Waals surface area (Å²) in [6.07, 6.45) is 2.00. The molecule has 2 N–H and O–H groups in total. The number of carbonyl (C=O) groups excluding carboxylic acids is 1. The van der Waals surface area contributed by atoms with Gasteiger partial charge in [-0.1, -0.05) is 39.0 Å². The second kappa shape index (κ2) is 13.5. The second-order valence-corrected chi connectivity index (χ2v) is 11.0. The molecule has 1 saturated heterocycles. The van der Waals surface area contributed by atoms with Crippen LogP contribution in [0.3, 0.4) is 0 Å². The smallest absolute Gasteiger partial charge is 0.309 e. The van der Waals surface area contributed by atoms with E-state index in [-0.39, 0.29) is 18.3 Å². The first kappa shape index (κ1) is 30.4. The Labute approximate surface area is 251 Å². The Bertz CT molecular complexity index is 1430. The predicted molar refractivity (Wildman–Crippen MR) is 162 cm³/mol. The molecule has 3 atom stereocenters. The van der Waals surface area contributed by atoms with Crippen LogP contribution in [-0.4, -0.2) is 54.8 Å². The van der Waals surface area contributed by atoms with E-state index >= 15 is 0 Å². The van der Waals surface area contributed by atoms with Crippen LogP contribution in [-0.2, 0) is 22.4 Å². The zero-order chi connectivity index (χ0) is 30.5. The fourth-order valence-corrected chi connectivity index (χ4v) is 6.21. The van der Waals surface area contributed by atoms with E-state index in [4.69, 9.17) is 14.2 Å². The van der Waals surface area contributed by atoms with Crippen LogP contribution < -0.4 is 19.5 Å². The Balaban J connectivity index is 1.48. The molecule has 2 aliphatic heterocycles. The van der Waals surface area contributed by atoms with Gasteiger partial charge in [0, 0.05) is 24.2 Å². The zero-order valence-electron chi connectivity index (χ0n) is 24.9. The highest BCUT2D eigenvalue weighted by Gasteiger charge is 2.48. The molecule has 2 aliphatic rings. The Morgan fingerprint density at radius 2 is 1.60 bits per heavy atom. The number of carboxylic acid groups (broad SMARTS) is 1. The first-order valence-corrected chi connectivity index (χ1v) is 15.0. The zero-order valence-corrected chi connectivity index (χ0v) is 24.9. The molecule has 1 unspecified atom stereocenters. The molecule has 5 rings (SSSR count). The lowest BCUT2D eigenvalue weighted by atomic mass is 9.82. The summed E-state index contributed by atoms with van der Waals surface area (Å²) in [6, 6.07) is 15.3. The van der Waals surface area contributed by atoms with E-state index in [1.807, 2.05) is 68.1 Å². The third kappa shape index (κ3) is 6.62. The summed E-state index contributed by atoms with van der Waals surface area (Å²) in [5.74, 6) is -0.869. The highest BCUT2D eigenvalue weighted by Crippen LogP contribution is 2.47. The SMILES string of the molecule is CCCOc1ccc([C@H]2C(C(=O)O)[C@@H](c3ccc4c(c3)OCCO4)CN2CC(=O)Nc2c(CC)cc(F)cc2CC)cc1. The minimum atomic E-state index is -0.945. The van der Waals surface area contributed by atoms with Gasteiger partial charge in [0.25, 0.3) is 0 Å². The van der Waals surface area contributed by atoms with Gasteiger partial charge in [-0.25, -0.2) is 4.39 Å². The van der Waals surface area contributed by atoms with Crippen LogP contribution in [0.25, 0.3) is 0 Å². The van der Waals surface area contributed by atoms with Crippen molar-refractivity contribution in [1.82, 2.24) is 4.90 Å². The van der Waals surface area contributed by atoms with Crippen molar-refractivity contribution in [2.45, 2.75) is 52.0 Å². The van der Waals surface area contributed by atoms with Gasteiger partial charge in [0.2, 0.25) is 5.91 Å². The first-order chi connectivity index (χ1) is 20.8. The number of anilines is 1. The van der Waals surface area contributed by atoms with Gasteiger partial charge in [-0.2, -0.15) is 0 Å². The van der Waals surface area contributed by atoms with Crippen molar-refractivity contribution in [3.8, 4) is 17.2 Å². The standard InChI is InChI=1S/C34H39FN2O6/c1-4-13-41-26-10-7-23(8-11-26)33-31(34(39)40)27(24-9-12-28-29(18-24)43-15-14-42-28)19-37(33)20-30(38)36-32-21(5-2)16-25(35)17-22(32)6-3/h7-12,16-18,27,31,33H,4-6,13-15,19-20H2,1-3H3,(H,36,38)(H,39,40)/t27-,31?,33+/m1/s1. The molecule has 8 nitrogen and oxygen atoms in total. The van der Waals surface area contributed by atoms with Gasteiger partial charge in [-0.3, -0.25) is 14.5 Å². The van der Waals surface area contributed by atoms with E-state index in [2.05, 4.69) is 5.32 Å². The number of nitrogens with zero attached hydrogens (tertiary/aromatic N) is 1. The molecule has 2 heterocycles. The summed E-state index contributed by atoms with van der Waals surface area (Å²) in [4.78, 5) is 28.5. The molecule has 3 aromatic rings. The molecule has 9 heteroatoms. The van der Waals surface area contributed by atoms with E-state index in [0.29, 0.717) is 62.1 Å². The Hall–Kier alpha value is -4.11. The van der Waals surface area contributed by atoms with Crippen molar-refractivity contribution in [2.24, 2.45) is 5.92 Å². The minimum Gasteiger partial charge on any atom is -0.494 e. The maximum absolute atomic E-state index is 14.2. The predicted octanol–water partition coefficient (Wildman–Crippen LogP) is 5.99. The lowest BCUT2D eigenvalue weighted by molar-refractivity contribution is -0.143. The highest BCUT2D eigenvalue weighted by molar-refractivity contribution is 5.94. The molecule has 1 fully saturated rings. The number of rotatable bonds is 11. The van der Waals surface area contributed by atoms with Crippen LogP contribution in [0.1, 0.15) is 61.4 Å². The fourth-order valence-electron chi connectivity index (χ4n) is 6.21. The third-order valence-corrected chi connectivity index (χ3v) is 8.21. The third-order valence-electron chi connectivity index (χ3n) is 8.21. The number of halogens is 1. The summed E-state index contributed by atoms with van der Waals surface area (Å²) in [5.41, 5.74) is 3.68. The molecule has 0 aliphatic carbocycles. The average molecular weight is 591 g/mol. The van der Waals surface area contributed by atoms with E-state index < -0.39 is 23.8 Å². The number of amides is 1. The summed E-state index contributed by atoms with van der Waals surface area (Å²) >= 11 is 0. The quantitative estimate of drug-likeness (QED) is 0.283. The number of carbonyl (C=O) groups is 2. The van der Waals surface area contributed by atoms with Crippen LogP contribution >= 0.6 is 0 Å². The summed E-state index contributed by atoms with van der Waals surface area (Å²) < 4.78 is 31.4. The monoisotopic (exact) mass is 590 g/mol. The molecule has 0 aromatic heterocycles. The lowest BCUT2D eigenvalue weighted by Gasteiger charge is -2.27. The number of hydrogen-bond acceptors (Lipinski definition) is 6. The summed E-state index contributed by atoms with van der Waals surface area (Å²) in [6.45, 7) is 7.65. The number of ether oxygens (including phenoxy) is 3. The van der Waals surface area contributed by atoms with Crippen LogP contribution in [0.15, 0.2) is 54.6 Å². The molecule has 1 amide bonds. The largest absolute Gasteiger partial charge is 0.494 e. The lowest BCUT2D eigenvalue weighted by Crippen LogP contribution is -2.35. The molecular weight excluding hydrogens is 551 g/mol. The van der Waals surface area contributed by atoms with Gasteiger partial charge in [-0.05, 0) is 77.9 Å². The maximum Gasteiger partial charge on any atom is 0.309 e. The van der Waals surface area contributed by atoms with E-state index in [1.165, 1.54) is 12.1 Å². The molecule has 0 saturated carbocycles. The number of likely N-dealkylation sites (tertiary alicyclic amines) is 1. The number of benzene rings is 3. The van der Waals surface area contributed by atoms with Crippen molar-refractivity contribution < 1.29 is 33.3 Å². The van der Waals surface area contributed by atoms with Gasteiger partial charge >= 0.3 is 5.97 Å². The Morgan fingerprint density at radius 3 is 2.23 bits per heavy atom. The molecule has 228 valence electrons. The number of nitrogens with one attached hydrogen (secondary N) is 1. The summed E-state index contributed by atoms with van der Waals surface area (Å²) in [7, 11) is 0. The maximum atomic E-state index is 14.2. The topological polar surface area (TPSA) is 97.3 Å². The van der Waals surface area contributed by atoms with E-state index in [9.17, 15) is 19.1 Å². The van der Waals surface area contributed by atoms with Crippen LogP contribution in [0.5, 0.6) is 17.2 Å². The van der Waals surface area contributed by atoms with Crippen molar-refractivity contribution in [3.63, 3.8) is 0 Å². The molecule has 0 spiro atoms. The Morgan fingerprint density at radius 1 is 0.953 bits per heavy atom. The van der Waals surface area contributed by atoms with Crippen molar-refractivity contribution in [3.05, 3.63) is 82.7 Å². The van der Waals surface area contributed by atoms with Gasteiger partial charge in [0.15, 0.2) is 11.5 Å². The molecule has 3 aromatic carbocycles. The molecule has 0 radical (unpaired) electrons. The normalized spacial score (nSPS) is 19.7. The fraction of sp³-hybridized carbons (Fsp3) is 0.412. The minimum absolute atomic E-state index is 0.0345. The Kier molecular flexibility index (Phi) is 9.50. The van der Waals surface area contributed by atoms with Crippen molar-refractivity contribution in [1.29, 1.82) is 0 Å². The van der Waals surface area contributed by atoms with Gasteiger partial charge in [0.1, 0.15) is 24.8 Å². The van der Waals surface area contributed by atoms with E-state index in [1.54, 1.807) is 0 Å². The van der Waals surface area contributed by atoms with Gasteiger partial charge < -0.3 is 24.6 Å². The van der Waals surface area contributed by atoms with Crippen LogP contribution in [0.4, 0.5) is 10.1 Å². The number of aryl methyl sites for hydroxylation is 2. The summed E-state index contributed by atoms with van der Waals surface area (Å²) in [5, 5.41) is 13.6. The van der Waals surface area contributed by atoms with Gasteiger partial charge in [0.05, 0.1) is 19.1 Å². The van der Waals surface area contributed by atoms with Crippen molar-refractivity contribution >= 4 is 17.6 Å². The number of hydrogen-bond donors (Lipinski definition) is 2.